The summed E-state index contributed by atoms with van der Waals surface area (Å²) in [6, 6.07) is 5.84. The summed E-state index contributed by atoms with van der Waals surface area (Å²) >= 11 is 1.98. The third kappa shape index (κ3) is 3.38. The standard InChI is InChI=1S/C14H20FNS/c1-10-4-5-11(6-13(10)15)16-12-7-14(2,3)9-17-8-12/h4-6,12,16H,7-9H2,1-3H3. The molecule has 94 valence electrons. The van der Waals surface area contributed by atoms with Crippen LogP contribution >= 0.6 is 11.8 Å². The number of rotatable bonds is 2. The molecule has 1 saturated heterocycles. The third-order valence-corrected chi connectivity index (χ3v) is 4.78. The highest BCUT2D eigenvalue weighted by molar-refractivity contribution is 7.99. The Balaban J connectivity index is 2.03. The zero-order valence-corrected chi connectivity index (χ0v) is 11.5. The predicted molar refractivity (Wildman–Crippen MR) is 74.3 cm³/mol. The van der Waals surface area contributed by atoms with Gasteiger partial charge in [-0.15, -0.1) is 0 Å². The minimum absolute atomic E-state index is 0.127. The van der Waals surface area contributed by atoms with Crippen molar-refractivity contribution in [2.24, 2.45) is 5.41 Å². The summed E-state index contributed by atoms with van der Waals surface area (Å²) in [5.74, 6) is 2.20. The van der Waals surface area contributed by atoms with Crippen molar-refractivity contribution in [1.82, 2.24) is 0 Å². The van der Waals surface area contributed by atoms with E-state index in [9.17, 15) is 4.39 Å². The van der Waals surface area contributed by atoms with Crippen molar-refractivity contribution in [2.75, 3.05) is 16.8 Å². The molecular formula is C14H20FNS. The summed E-state index contributed by atoms with van der Waals surface area (Å²) in [7, 11) is 0. The normalized spacial score (nSPS) is 23.4. The maximum absolute atomic E-state index is 13.4. The molecule has 1 atom stereocenters. The molecule has 1 aromatic rings. The lowest BCUT2D eigenvalue weighted by Crippen LogP contribution is -2.35. The van der Waals surface area contributed by atoms with Crippen molar-refractivity contribution >= 4 is 17.4 Å². The largest absolute Gasteiger partial charge is 0.381 e. The molecule has 1 heterocycles. The van der Waals surface area contributed by atoms with Crippen LogP contribution in [0.15, 0.2) is 18.2 Å². The Morgan fingerprint density at radius 2 is 2.18 bits per heavy atom. The summed E-state index contributed by atoms with van der Waals surface area (Å²) in [5.41, 5.74) is 1.98. The van der Waals surface area contributed by atoms with Crippen LogP contribution in [-0.4, -0.2) is 17.5 Å². The lowest BCUT2D eigenvalue weighted by molar-refractivity contribution is 0.358. The molecule has 0 radical (unpaired) electrons. The minimum Gasteiger partial charge on any atom is -0.381 e. The van der Waals surface area contributed by atoms with Gasteiger partial charge in [0, 0.05) is 17.5 Å². The molecule has 1 fully saturated rings. The Bertz CT molecular complexity index is 403. The molecule has 1 N–H and O–H groups in total. The van der Waals surface area contributed by atoms with E-state index in [0.29, 0.717) is 17.0 Å². The molecule has 3 heteroatoms. The number of benzene rings is 1. The number of nitrogens with one attached hydrogen (secondary N) is 1. The van der Waals surface area contributed by atoms with Gasteiger partial charge in [0.2, 0.25) is 0 Å². The van der Waals surface area contributed by atoms with Crippen LogP contribution in [0, 0.1) is 18.2 Å². The summed E-state index contributed by atoms with van der Waals surface area (Å²) in [6.45, 7) is 6.38. The van der Waals surface area contributed by atoms with E-state index in [4.69, 9.17) is 0 Å². The predicted octanol–water partition coefficient (Wildman–Crippen LogP) is 4.08. The van der Waals surface area contributed by atoms with Crippen LogP contribution < -0.4 is 5.32 Å². The van der Waals surface area contributed by atoms with Gasteiger partial charge in [-0.3, -0.25) is 0 Å². The van der Waals surface area contributed by atoms with Gasteiger partial charge in [0.05, 0.1) is 0 Å². The van der Waals surface area contributed by atoms with Gasteiger partial charge < -0.3 is 5.32 Å². The van der Waals surface area contributed by atoms with Gasteiger partial charge in [-0.05, 0) is 42.2 Å². The Kier molecular flexibility index (Phi) is 3.67. The molecule has 1 nitrogen and oxygen atoms in total. The Morgan fingerprint density at radius 1 is 1.41 bits per heavy atom. The highest BCUT2D eigenvalue weighted by Crippen LogP contribution is 2.34. The fourth-order valence-electron chi connectivity index (χ4n) is 2.27. The van der Waals surface area contributed by atoms with Crippen LogP contribution in [0.25, 0.3) is 0 Å². The van der Waals surface area contributed by atoms with Crippen molar-refractivity contribution in [3.05, 3.63) is 29.6 Å². The first-order chi connectivity index (χ1) is 7.96. The maximum Gasteiger partial charge on any atom is 0.128 e. The van der Waals surface area contributed by atoms with Crippen molar-refractivity contribution in [3.63, 3.8) is 0 Å². The van der Waals surface area contributed by atoms with Crippen molar-refractivity contribution in [3.8, 4) is 0 Å². The third-order valence-electron chi connectivity index (χ3n) is 3.15. The Labute approximate surface area is 107 Å². The van der Waals surface area contributed by atoms with Gasteiger partial charge in [-0.1, -0.05) is 19.9 Å². The van der Waals surface area contributed by atoms with Crippen molar-refractivity contribution in [1.29, 1.82) is 0 Å². The monoisotopic (exact) mass is 253 g/mol. The van der Waals surface area contributed by atoms with Crippen LogP contribution in [0.5, 0.6) is 0 Å². The van der Waals surface area contributed by atoms with Gasteiger partial charge >= 0.3 is 0 Å². The summed E-state index contributed by atoms with van der Waals surface area (Å²) in [5, 5.41) is 3.44. The first kappa shape index (κ1) is 12.7. The van der Waals surface area contributed by atoms with Crippen molar-refractivity contribution in [2.45, 2.75) is 33.2 Å². The fraction of sp³-hybridized carbons (Fsp3) is 0.571. The van der Waals surface area contributed by atoms with Crippen LogP contribution in [0.3, 0.4) is 0 Å². The van der Waals surface area contributed by atoms with Crippen LogP contribution in [0.2, 0.25) is 0 Å². The second-order valence-electron chi connectivity index (χ2n) is 5.69. The molecule has 2 rings (SSSR count). The van der Waals surface area contributed by atoms with Crippen LogP contribution in [-0.2, 0) is 0 Å². The number of aryl methyl sites for hydroxylation is 1. The highest BCUT2D eigenvalue weighted by atomic mass is 32.2. The molecule has 1 unspecified atom stereocenters. The molecule has 1 aliphatic rings. The van der Waals surface area contributed by atoms with E-state index in [1.807, 2.05) is 23.9 Å². The molecule has 0 spiro atoms. The minimum atomic E-state index is -0.127. The van der Waals surface area contributed by atoms with E-state index in [-0.39, 0.29) is 5.82 Å². The first-order valence-corrected chi connectivity index (χ1v) is 7.22. The van der Waals surface area contributed by atoms with Crippen LogP contribution in [0.1, 0.15) is 25.8 Å². The molecule has 0 aromatic heterocycles. The SMILES string of the molecule is Cc1ccc(NC2CSCC(C)(C)C2)cc1F. The van der Waals surface area contributed by atoms with E-state index in [1.54, 1.807) is 13.0 Å². The molecule has 0 amide bonds. The average molecular weight is 253 g/mol. The van der Waals surface area contributed by atoms with Crippen molar-refractivity contribution < 1.29 is 4.39 Å². The maximum atomic E-state index is 13.4. The molecule has 0 aliphatic carbocycles. The van der Waals surface area contributed by atoms with Gasteiger partial charge in [-0.25, -0.2) is 4.39 Å². The van der Waals surface area contributed by atoms with Gasteiger partial charge in [-0.2, -0.15) is 11.8 Å². The van der Waals surface area contributed by atoms with E-state index in [2.05, 4.69) is 19.2 Å². The molecule has 0 saturated carbocycles. The number of halogens is 1. The summed E-state index contributed by atoms with van der Waals surface area (Å²) < 4.78 is 13.4. The van der Waals surface area contributed by atoms with Crippen LogP contribution in [0.4, 0.5) is 10.1 Å². The Morgan fingerprint density at radius 3 is 2.82 bits per heavy atom. The molecule has 17 heavy (non-hydrogen) atoms. The molecule has 0 bridgehead atoms. The zero-order chi connectivity index (χ0) is 12.5. The van der Waals surface area contributed by atoms with E-state index >= 15 is 0 Å². The Hall–Kier alpha value is -0.700. The summed E-state index contributed by atoms with van der Waals surface area (Å²) in [6.07, 6.45) is 1.15. The van der Waals surface area contributed by atoms with Gasteiger partial charge in [0.15, 0.2) is 0 Å². The number of hydrogen-bond acceptors (Lipinski definition) is 2. The molecular weight excluding hydrogens is 233 g/mol. The lowest BCUT2D eigenvalue weighted by Gasteiger charge is -2.35. The fourth-order valence-corrected chi connectivity index (χ4v) is 3.55. The second-order valence-corrected chi connectivity index (χ2v) is 6.72. The number of thioether (sulfide) groups is 1. The van der Waals surface area contributed by atoms with E-state index in [0.717, 1.165) is 17.9 Å². The number of hydrogen-bond donors (Lipinski definition) is 1. The highest BCUT2D eigenvalue weighted by Gasteiger charge is 2.28. The number of anilines is 1. The first-order valence-electron chi connectivity index (χ1n) is 6.07. The average Bonchev–Trinajstić information content (AvgIpc) is 2.22. The second kappa shape index (κ2) is 4.89. The topological polar surface area (TPSA) is 12.0 Å². The smallest absolute Gasteiger partial charge is 0.128 e. The quantitative estimate of drug-likeness (QED) is 0.852. The van der Waals surface area contributed by atoms with Gasteiger partial charge in [0.1, 0.15) is 5.82 Å². The molecule has 1 aromatic carbocycles. The lowest BCUT2D eigenvalue weighted by atomic mass is 9.88. The van der Waals surface area contributed by atoms with Gasteiger partial charge in [0.25, 0.3) is 0 Å². The zero-order valence-electron chi connectivity index (χ0n) is 10.7. The molecule has 1 aliphatic heterocycles. The summed E-state index contributed by atoms with van der Waals surface area (Å²) in [4.78, 5) is 0. The van der Waals surface area contributed by atoms with E-state index in [1.165, 1.54) is 5.75 Å². The van der Waals surface area contributed by atoms with E-state index < -0.39 is 0 Å².